The minimum Gasteiger partial charge on any atom is -0.274 e. The zero-order valence-electron chi connectivity index (χ0n) is 30.2. The van der Waals surface area contributed by atoms with Crippen molar-refractivity contribution in [2.75, 3.05) is 13.1 Å². The van der Waals surface area contributed by atoms with Crippen molar-refractivity contribution in [3.05, 3.63) is 72.9 Å². The molecule has 2 aliphatic heterocycles. The van der Waals surface area contributed by atoms with Crippen LogP contribution in [0.25, 0.3) is 54.5 Å². The first-order valence-corrected chi connectivity index (χ1v) is 19.6. The smallest absolute Gasteiger partial charge is 0.274 e. The van der Waals surface area contributed by atoms with E-state index in [1.165, 1.54) is 9.80 Å². The Labute approximate surface area is 326 Å². The molecule has 8 rings (SSSR count). The molecule has 0 saturated carbocycles. The van der Waals surface area contributed by atoms with E-state index in [9.17, 15) is 19.2 Å². The molecule has 0 aliphatic carbocycles. The zero-order chi connectivity index (χ0) is 37.9. The Morgan fingerprint density at radius 3 is 1.51 bits per heavy atom. The van der Waals surface area contributed by atoms with E-state index < -0.39 is 23.6 Å². The third-order valence-electron chi connectivity index (χ3n) is 10.8. The number of carbonyl (C=O) groups is 4. The van der Waals surface area contributed by atoms with Gasteiger partial charge in [-0.25, -0.2) is 9.13 Å². The normalized spacial score (nSPS) is 14.7. The molecule has 12 heteroatoms. The Bertz CT molecular complexity index is 2600. The summed E-state index contributed by atoms with van der Waals surface area (Å²) in [5.74, 6) is -1.09. The Balaban J connectivity index is 1.66. The number of hydrogen-bond donors (Lipinski definition) is 0. The monoisotopic (exact) mass is 789 g/mol. The first-order valence-electron chi connectivity index (χ1n) is 18.1. The van der Waals surface area contributed by atoms with Gasteiger partial charge in [0, 0.05) is 71.2 Å². The molecule has 0 saturated heterocycles. The van der Waals surface area contributed by atoms with Gasteiger partial charge in [-0.05, 0) is 58.7 Å². The van der Waals surface area contributed by atoms with Gasteiger partial charge in [0.1, 0.15) is 12.4 Å². The molecule has 53 heavy (non-hydrogen) atoms. The molecule has 0 bridgehead atoms. The van der Waals surface area contributed by atoms with Gasteiger partial charge in [-0.2, -0.15) is 0 Å². The lowest BCUT2D eigenvalue weighted by molar-refractivity contribution is -0.705. The van der Waals surface area contributed by atoms with Gasteiger partial charge in [-0.3, -0.25) is 29.0 Å². The van der Waals surface area contributed by atoms with Crippen molar-refractivity contribution < 1.29 is 23.7 Å². The van der Waals surface area contributed by atoms with Crippen molar-refractivity contribution in [2.24, 2.45) is 0 Å². The SMILES string of the molecule is CCCCN1C(=O)c2cc(Cl)c3c4c(Cl)cc5c6c(c(-c7n(C(C)C)cc[n+]7C(C)C)c(Cl)c(c7c(Cl)cc(c2c37)C1=O)c64)C(=O)N(CCCC)C5=O. The van der Waals surface area contributed by atoms with Gasteiger partial charge in [-0.15, -0.1) is 0 Å². The fourth-order valence-electron chi connectivity index (χ4n) is 8.40. The summed E-state index contributed by atoms with van der Waals surface area (Å²) in [6.45, 7) is 12.7. The van der Waals surface area contributed by atoms with E-state index in [1.807, 2.05) is 26.2 Å². The van der Waals surface area contributed by atoms with E-state index in [0.717, 1.165) is 12.8 Å². The third-order valence-corrected chi connectivity index (χ3v) is 12.1. The van der Waals surface area contributed by atoms with Crippen LogP contribution in [0.3, 0.4) is 0 Å². The van der Waals surface area contributed by atoms with Crippen LogP contribution in [-0.4, -0.2) is 51.1 Å². The third kappa shape index (κ3) is 4.84. The van der Waals surface area contributed by atoms with Crippen molar-refractivity contribution in [2.45, 2.75) is 79.3 Å². The van der Waals surface area contributed by atoms with E-state index in [1.54, 1.807) is 18.2 Å². The molecule has 0 atom stereocenters. The molecule has 0 fully saturated rings. The number of carbonyl (C=O) groups excluding carboxylic acids is 4. The molecule has 3 heterocycles. The number of amides is 4. The largest absolute Gasteiger partial charge is 0.291 e. The lowest BCUT2D eigenvalue weighted by Crippen LogP contribution is -2.42. The number of rotatable bonds is 9. The zero-order valence-corrected chi connectivity index (χ0v) is 33.2. The van der Waals surface area contributed by atoms with Crippen molar-refractivity contribution in [3.8, 4) is 11.4 Å². The summed E-state index contributed by atoms with van der Waals surface area (Å²) in [6, 6.07) is 4.73. The van der Waals surface area contributed by atoms with Crippen molar-refractivity contribution in [1.29, 1.82) is 0 Å². The van der Waals surface area contributed by atoms with Crippen LogP contribution in [0.5, 0.6) is 0 Å². The van der Waals surface area contributed by atoms with Gasteiger partial charge in [0.2, 0.25) is 0 Å². The minimum absolute atomic E-state index is 0.0284. The standard InChI is InChI=1S/C41H37Cl4N4O4/c1-7-9-11-48-38(50)20-15-23(42)28-29-24(43)17-22-27-32(29)33(30-25(44)16-21(39(48)51)26(20)31(28)30)36(45)35(34(27)41(53)49(40(22)52)12-10-8-2)37-46(18(3)4)13-14-47(37)19(5)6/h13-19H,7-12H2,1-6H3/q+1. The summed E-state index contributed by atoms with van der Waals surface area (Å²) < 4.78 is 4.14. The molecular weight excluding hydrogens is 754 g/mol. The molecule has 8 nitrogen and oxygen atoms in total. The van der Waals surface area contributed by atoms with Gasteiger partial charge in [0.05, 0.1) is 44.9 Å². The maximum absolute atomic E-state index is 14.9. The number of imide groups is 2. The second kappa shape index (κ2) is 12.8. The van der Waals surface area contributed by atoms with E-state index in [-0.39, 0.29) is 62.0 Å². The van der Waals surface area contributed by atoms with Crippen LogP contribution in [0, 0.1) is 0 Å². The first kappa shape index (κ1) is 36.0. The molecule has 1 aromatic heterocycles. The predicted molar refractivity (Wildman–Crippen MR) is 213 cm³/mol. The molecule has 6 aromatic rings. The lowest BCUT2D eigenvalue weighted by Gasteiger charge is -2.32. The number of fused-ring (bicyclic) bond motifs is 2. The molecule has 0 spiro atoms. The molecule has 0 N–H and O–H groups in total. The number of aromatic nitrogens is 2. The summed E-state index contributed by atoms with van der Waals surface area (Å²) in [5.41, 5.74) is 1.59. The Morgan fingerprint density at radius 1 is 0.585 bits per heavy atom. The fourth-order valence-corrected chi connectivity index (χ4v) is 9.66. The van der Waals surface area contributed by atoms with E-state index in [0.29, 0.717) is 72.9 Å². The number of nitrogens with zero attached hydrogens (tertiary/aromatic N) is 4. The highest BCUT2D eigenvalue weighted by Crippen LogP contribution is 2.56. The Hall–Kier alpha value is -3.95. The minimum atomic E-state index is -0.448. The lowest BCUT2D eigenvalue weighted by atomic mass is 9.80. The van der Waals surface area contributed by atoms with Crippen LogP contribution in [0.4, 0.5) is 0 Å². The Kier molecular flexibility index (Phi) is 8.73. The quantitative estimate of drug-likeness (QED) is 0.0632. The maximum Gasteiger partial charge on any atom is 0.291 e. The summed E-state index contributed by atoms with van der Waals surface area (Å²) >= 11 is 29.5. The Morgan fingerprint density at radius 2 is 1.04 bits per heavy atom. The number of unbranched alkanes of at least 4 members (excludes halogenated alkanes) is 2. The summed E-state index contributed by atoms with van der Waals surface area (Å²) in [7, 11) is 0. The van der Waals surface area contributed by atoms with E-state index in [4.69, 9.17) is 46.4 Å². The van der Waals surface area contributed by atoms with Crippen LogP contribution in [0.2, 0.25) is 20.1 Å². The predicted octanol–water partition coefficient (Wildman–Crippen LogP) is 11.1. The highest BCUT2D eigenvalue weighted by atomic mass is 35.5. The molecule has 272 valence electrons. The second-order valence-electron chi connectivity index (χ2n) is 14.6. The maximum atomic E-state index is 14.9. The summed E-state index contributed by atoms with van der Waals surface area (Å²) in [5, 5.41) is 4.49. The molecule has 0 radical (unpaired) electrons. The number of halogens is 4. The van der Waals surface area contributed by atoms with Crippen LogP contribution < -0.4 is 4.57 Å². The van der Waals surface area contributed by atoms with Gasteiger partial charge in [0.25, 0.3) is 29.5 Å². The van der Waals surface area contributed by atoms with Crippen molar-refractivity contribution >= 4 is 113 Å². The number of imidazole rings is 1. The molecule has 0 unspecified atom stereocenters. The van der Waals surface area contributed by atoms with Crippen LogP contribution in [0.15, 0.2) is 30.6 Å². The number of hydrogen-bond acceptors (Lipinski definition) is 4. The van der Waals surface area contributed by atoms with Gasteiger partial charge >= 0.3 is 0 Å². The van der Waals surface area contributed by atoms with Gasteiger partial charge in [0.15, 0.2) is 0 Å². The average molecular weight is 792 g/mol. The van der Waals surface area contributed by atoms with Gasteiger partial charge in [-0.1, -0.05) is 73.1 Å². The first-order chi connectivity index (χ1) is 25.3. The van der Waals surface area contributed by atoms with Gasteiger partial charge < -0.3 is 0 Å². The second-order valence-corrected chi connectivity index (χ2v) is 16.2. The average Bonchev–Trinajstić information content (AvgIpc) is 3.56. The topological polar surface area (TPSA) is 83.6 Å². The molecule has 5 aromatic carbocycles. The van der Waals surface area contributed by atoms with E-state index in [2.05, 4.69) is 36.8 Å². The summed E-state index contributed by atoms with van der Waals surface area (Å²) in [6.07, 6.45) is 6.77. The highest BCUT2D eigenvalue weighted by Gasteiger charge is 2.43. The van der Waals surface area contributed by atoms with Crippen LogP contribution in [-0.2, 0) is 0 Å². The van der Waals surface area contributed by atoms with Crippen LogP contribution in [0.1, 0.15) is 121 Å². The van der Waals surface area contributed by atoms with Crippen LogP contribution >= 0.6 is 46.4 Å². The molecule has 2 aliphatic rings. The molecular formula is C41H37Cl4N4O4+. The fraction of sp³-hybridized carbons (Fsp3) is 0.341. The highest BCUT2D eigenvalue weighted by molar-refractivity contribution is 6.57. The van der Waals surface area contributed by atoms with E-state index >= 15 is 0 Å². The van der Waals surface area contributed by atoms with Crippen molar-refractivity contribution in [1.82, 2.24) is 14.4 Å². The number of benzene rings is 5. The van der Waals surface area contributed by atoms with Crippen molar-refractivity contribution in [3.63, 3.8) is 0 Å². The molecule has 4 amide bonds. The summed E-state index contributed by atoms with van der Waals surface area (Å²) in [4.78, 5) is 60.0.